The van der Waals surface area contributed by atoms with Crippen LogP contribution in [0.2, 0.25) is 0 Å². The third kappa shape index (κ3) is 4.87. The molecule has 2 aromatic carbocycles. The lowest BCUT2D eigenvalue weighted by molar-refractivity contribution is -0.117. The molecule has 0 radical (unpaired) electrons. The Kier molecular flexibility index (Phi) is 5.74. The summed E-state index contributed by atoms with van der Waals surface area (Å²) in [5.74, 6) is -0.438. The molecule has 5 nitrogen and oxygen atoms in total. The molecule has 2 aliphatic heterocycles. The number of hydrogen-bond acceptors (Lipinski definition) is 4. The Morgan fingerprint density at radius 2 is 1.79 bits per heavy atom. The number of aliphatic imine (C=N–C) groups is 1. The van der Waals surface area contributed by atoms with E-state index in [0.717, 1.165) is 12.0 Å². The van der Waals surface area contributed by atoms with Gasteiger partial charge in [-0.15, -0.1) is 0 Å². The molecule has 0 aromatic heterocycles. The van der Waals surface area contributed by atoms with Gasteiger partial charge in [0.25, 0.3) is 5.91 Å². The second-order valence-electron chi connectivity index (χ2n) is 7.32. The SMILES string of the molecule is O=C(Cc1ccc(F)cc1)N=C1SC2CS(=O)(=O)CC2N1CCc1ccccc1. The zero-order valence-corrected chi connectivity index (χ0v) is 17.3. The summed E-state index contributed by atoms with van der Waals surface area (Å²) in [4.78, 5) is 18.8. The van der Waals surface area contributed by atoms with Crippen LogP contribution in [0, 0.1) is 5.82 Å². The molecule has 0 spiro atoms. The molecule has 2 atom stereocenters. The number of amidine groups is 1. The topological polar surface area (TPSA) is 66.8 Å². The van der Waals surface area contributed by atoms with Crippen molar-refractivity contribution in [3.63, 3.8) is 0 Å². The van der Waals surface area contributed by atoms with E-state index in [4.69, 9.17) is 0 Å². The first kappa shape index (κ1) is 20.1. The number of fused-ring (bicyclic) bond motifs is 1. The monoisotopic (exact) mass is 432 g/mol. The van der Waals surface area contributed by atoms with Crippen LogP contribution in [0.15, 0.2) is 59.6 Å². The van der Waals surface area contributed by atoms with E-state index in [1.807, 2.05) is 35.2 Å². The van der Waals surface area contributed by atoms with E-state index in [0.29, 0.717) is 17.3 Å². The third-order valence-electron chi connectivity index (χ3n) is 5.15. The van der Waals surface area contributed by atoms with Gasteiger partial charge in [-0.2, -0.15) is 4.99 Å². The lowest BCUT2D eigenvalue weighted by Crippen LogP contribution is -2.39. The summed E-state index contributed by atoms with van der Waals surface area (Å²) in [5, 5.41) is 0.506. The molecule has 2 aromatic rings. The fourth-order valence-electron chi connectivity index (χ4n) is 3.71. The van der Waals surface area contributed by atoms with Crippen molar-refractivity contribution in [2.24, 2.45) is 4.99 Å². The van der Waals surface area contributed by atoms with Crippen LogP contribution < -0.4 is 0 Å². The Morgan fingerprint density at radius 1 is 1.07 bits per heavy atom. The van der Waals surface area contributed by atoms with E-state index in [-0.39, 0.29) is 40.9 Å². The quantitative estimate of drug-likeness (QED) is 0.727. The van der Waals surface area contributed by atoms with E-state index < -0.39 is 9.84 Å². The number of amides is 1. The van der Waals surface area contributed by atoms with Gasteiger partial charge in [0, 0.05) is 11.8 Å². The van der Waals surface area contributed by atoms with Crippen molar-refractivity contribution in [1.29, 1.82) is 0 Å². The normalized spacial score (nSPS) is 24.0. The van der Waals surface area contributed by atoms with Gasteiger partial charge < -0.3 is 4.90 Å². The number of carbonyl (C=O) groups is 1. The number of sulfone groups is 1. The zero-order valence-electron chi connectivity index (χ0n) is 15.7. The highest BCUT2D eigenvalue weighted by atomic mass is 32.2. The van der Waals surface area contributed by atoms with Gasteiger partial charge >= 0.3 is 0 Å². The van der Waals surface area contributed by atoms with Gasteiger partial charge in [-0.3, -0.25) is 4.79 Å². The van der Waals surface area contributed by atoms with Crippen molar-refractivity contribution in [1.82, 2.24) is 4.90 Å². The molecule has 1 amide bonds. The minimum absolute atomic E-state index is 0.0878. The molecule has 2 fully saturated rings. The molecule has 8 heteroatoms. The number of hydrogen-bond donors (Lipinski definition) is 0. The number of carbonyl (C=O) groups excluding carboxylic acids is 1. The maximum atomic E-state index is 13.1. The minimum atomic E-state index is -3.06. The second kappa shape index (κ2) is 8.28. The van der Waals surface area contributed by atoms with Crippen molar-refractivity contribution in [3.8, 4) is 0 Å². The molecule has 2 saturated heterocycles. The molecule has 0 N–H and O–H groups in total. The number of rotatable bonds is 5. The van der Waals surface area contributed by atoms with Crippen LogP contribution in [-0.2, 0) is 27.5 Å². The third-order valence-corrected chi connectivity index (χ3v) is 8.40. The molecule has 0 aliphatic carbocycles. The second-order valence-corrected chi connectivity index (χ2v) is 10.7. The van der Waals surface area contributed by atoms with Crippen LogP contribution in [-0.4, -0.2) is 53.7 Å². The first-order chi connectivity index (χ1) is 13.9. The van der Waals surface area contributed by atoms with Crippen LogP contribution in [0.1, 0.15) is 11.1 Å². The van der Waals surface area contributed by atoms with E-state index >= 15 is 0 Å². The highest BCUT2D eigenvalue weighted by Gasteiger charge is 2.48. The summed E-state index contributed by atoms with van der Waals surface area (Å²) in [6.07, 6.45) is 0.834. The van der Waals surface area contributed by atoms with E-state index in [9.17, 15) is 17.6 Å². The van der Waals surface area contributed by atoms with Crippen LogP contribution in [0.5, 0.6) is 0 Å². The number of benzene rings is 2. The van der Waals surface area contributed by atoms with E-state index in [1.54, 1.807) is 12.1 Å². The predicted molar refractivity (Wildman–Crippen MR) is 113 cm³/mol. The van der Waals surface area contributed by atoms with Gasteiger partial charge in [0.05, 0.1) is 24.0 Å². The molecule has 2 heterocycles. The van der Waals surface area contributed by atoms with E-state index in [1.165, 1.54) is 23.9 Å². The Labute approximate surface area is 173 Å². The van der Waals surface area contributed by atoms with Crippen molar-refractivity contribution in [2.75, 3.05) is 18.1 Å². The van der Waals surface area contributed by atoms with Crippen molar-refractivity contribution in [2.45, 2.75) is 24.1 Å². The van der Waals surface area contributed by atoms with Crippen LogP contribution >= 0.6 is 11.8 Å². The summed E-state index contributed by atoms with van der Waals surface area (Å²) in [7, 11) is -3.06. The fourth-order valence-corrected chi connectivity index (χ4v) is 7.71. The zero-order chi connectivity index (χ0) is 20.4. The summed E-state index contributed by atoms with van der Waals surface area (Å²) >= 11 is 1.38. The van der Waals surface area contributed by atoms with Gasteiger partial charge in [-0.05, 0) is 29.7 Å². The lowest BCUT2D eigenvalue weighted by atomic mass is 10.1. The molecule has 0 saturated carbocycles. The molecule has 152 valence electrons. The molecule has 29 heavy (non-hydrogen) atoms. The maximum Gasteiger partial charge on any atom is 0.252 e. The van der Waals surface area contributed by atoms with Gasteiger partial charge in [-0.25, -0.2) is 12.8 Å². The molecule has 4 rings (SSSR count). The first-order valence-corrected chi connectivity index (χ1v) is 12.1. The highest BCUT2D eigenvalue weighted by Crippen LogP contribution is 2.38. The Balaban J connectivity index is 1.51. The summed E-state index contributed by atoms with van der Waals surface area (Å²) in [6.45, 7) is 0.608. The standard InChI is InChI=1S/C21H21FN2O3S2/c22-17-8-6-16(7-9-17)12-20(25)23-21-24(11-10-15-4-2-1-3-5-15)18-13-29(26,27)14-19(18)28-21/h1-9,18-19H,10-14H2. The van der Waals surface area contributed by atoms with Gasteiger partial charge in [-0.1, -0.05) is 54.2 Å². The number of halogens is 1. The van der Waals surface area contributed by atoms with Crippen molar-refractivity contribution < 1.29 is 17.6 Å². The maximum absolute atomic E-state index is 13.1. The van der Waals surface area contributed by atoms with Crippen LogP contribution in [0.25, 0.3) is 0 Å². The molecule has 2 aliphatic rings. The predicted octanol–water partition coefficient (Wildman–Crippen LogP) is 2.71. The molecule has 0 bridgehead atoms. The fraction of sp³-hybridized carbons (Fsp3) is 0.333. The average molecular weight is 433 g/mol. The van der Waals surface area contributed by atoms with Gasteiger partial charge in [0.2, 0.25) is 0 Å². The highest BCUT2D eigenvalue weighted by molar-refractivity contribution is 8.15. The van der Waals surface area contributed by atoms with Crippen molar-refractivity contribution >= 4 is 32.7 Å². The largest absolute Gasteiger partial charge is 0.346 e. The van der Waals surface area contributed by atoms with E-state index in [2.05, 4.69) is 4.99 Å². The Bertz CT molecular complexity index is 1020. The molecular weight excluding hydrogens is 411 g/mol. The summed E-state index contributed by atoms with van der Waals surface area (Å²) in [6, 6.07) is 15.6. The Hall–Kier alpha value is -2.19. The number of thioether (sulfide) groups is 1. The van der Waals surface area contributed by atoms with Crippen LogP contribution in [0.4, 0.5) is 4.39 Å². The Morgan fingerprint density at radius 3 is 2.52 bits per heavy atom. The minimum Gasteiger partial charge on any atom is -0.346 e. The lowest BCUT2D eigenvalue weighted by Gasteiger charge is -2.24. The number of nitrogens with zero attached hydrogens (tertiary/aromatic N) is 2. The summed E-state index contributed by atoms with van der Waals surface area (Å²) < 4.78 is 37.2. The van der Waals surface area contributed by atoms with Gasteiger partial charge in [0.15, 0.2) is 15.0 Å². The van der Waals surface area contributed by atoms with Gasteiger partial charge in [0.1, 0.15) is 5.82 Å². The first-order valence-electron chi connectivity index (χ1n) is 9.43. The smallest absolute Gasteiger partial charge is 0.252 e. The average Bonchev–Trinajstić information content (AvgIpc) is 3.14. The van der Waals surface area contributed by atoms with Crippen molar-refractivity contribution in [3.05, 3.63) is 71.5 Å². The molecule has 2 unspecified atom stereocenters. The summed E-state index contributed by atoms with van der Waals surface area (Å²) in [5.41, 5.74) is 1.85. The molecular formula is C21H21FN2O3S2. The van der Waals surface area contributed by atoms with Crippen LogP contribution in [0.3, 0.4) is 0 Å².